The van der Waals surface area contributed by atoms with Gasteiger partial charge in [-0.2, -0.15) is 0 Å². The summed E-state index contributed by atoms with van der Waals surface area (Å²) >= 11 is 0. The van der Waals surface area contributed by atoms with E-state index >= 15 is 0 Å². The summed E-state index contributed by atoms with van der Waals surface area (Å²) in [5.41, 5.74) is 1.70. The van der Waals surface area contributed by atoms with Crippen LogP contribution >= 0.6 is 0 Å². The molecule has 0 radical (unpaired) electrons. The van der Waals surface area contributed by atoms with Crippen LogP contribution in [0.5, 0.6) is 11.5 Å². The van der Waals surface area contributed by atoms with Gasteiger partial charge in [-0.3, -0.25) is 4.99 Å². The van der Waals surface area contributed by atoms with E-state index in [1.165, 1.54) is 7.11 Å². The molecule has 0 aliphatic rings. The molecule has 0 unspecified atom stereocenters. The summed E-state index contributed by atoms with van der Waals surface area (Å²) in [4.78, 5) is 16.2. The number of aliphatic imine (C=N–C) groups is 1. The number of methoxy groups -OCH3 is 2. The highest BCUT2D eigenvalue weighted by Gasteiger charge is 2.12. The zero-order valence-electron chi connectivity index (χ0n) is 14.3. The topological polar surface area (TPSA) is 57.1 Å². The van der Waals surface area contributed by atoms with E-state index in [1.807, 2.05) is 38.1 Å². The summed E-state index contributed by atoms with van der Waals surface area (Å²) in [6.07, 6.45) is 1.65. The summed E-state index contributed by atoms with van der Waals surface area (Å²) in [7, 11) is 2.94. The van der Waals surface area contributed by atoms with Crippen molar-refractivity contribution in [3.63, 3.8) is 0 Å². The summed E-state index contributed by atoms with van der Waals surface area (Å²) in [5, 5.41) is 0. The molecule has 0 heterocycles. The summed E-state index contributed by atoms with van der Waals surface area (Å²) in [6.45, 7) is 3.89. The van der Waals surface area contributed by atoms with Gasteiger partial charge in [-0.25, -0.2) is 4.79 Å². The lowest BCUT2D eigenvalue weighted by atomic mass is 10.1. The summed E-state index contributed by atoms with van der Waals surface area (Å²) in [6, 6.07) is 12.6. The quantitative estimate of drug-likeness (QED) is 0.594. The molecule has 5 nitrogen and oxygen atoms in total. The second kappa shape index (κ2) is 8.15. The van der Waals surface area contributed by atoms with Crippen molar-refractivity contribution >= 4 is 17.9 Å². The van der Waals surface area contributed by atoms with Gasteiger partial charge in [-0.15, -0.1) is 0 Å². The fourth-order valence-electron chi connectivity index (χ4n) is 2.16. The Morgan fingerprint density at radius 3 is 2.50 bits per heavy atom. The van der Waals surface area contributed by atoms with E-state index in [-0.39, 0.29) is 6.10 Å². The van der Waals surface area contributed by atoms with Gasteiger partial charge in [0.2, 0.25) is 0 Å². The zero-order chi connectivity index (χ0) is 17.5. The predicted octanol–water partition coefficient (Wildman–Crippen LogP) is 4.02. The van der Waals surface area contributed by atoms with E-state index in [0.717, 1.165) is 5.56 Å². The van der Waals surface area contributed by atoms with E-state index in [4.69, 9.17) is 14.2 Å². The van der Waals surface area contributed by atoms with E-state index in [1.54, 1.807) is 31.5 Å². The van der Waals surface area contributed by atoms with Crippen molar-refractivity contribution in [3.05, 3.63) is 53.6 Å². The molecular weight excluding hydrogens is 306 g/mol. The van der Waals surface area contributed by atoms with Crippen LogP contribution in [0.25, 0.3) is 0 Å². The number of esters is 1. The summed E-state index contributed by atoms with van der Waals surface area (Å²) < 4.78 is 16.0. The number of rotatable bonds is 6. The maximum Gasteiger partial charge on any atom is 0.340 e. The Balaban J connectivity index is 2.41. The van der Waals surface area contributed by atoms with Crippen molar-refractivity contribution in [1.29, 1.82) is 0 Å². The molecule has 2 aromatic rings. The third-order valence-electron chi connectivity index (χ3n) is 3.23. The largest absolute Gasteiger partial charge is 0.493 e. The number of benzene rings is 2. The number of ether oxygens (including phenoxy) is 3. The number of nitrogens with zero attached hydrogens (tertiary/aromatic N) is 1. The van der Waals surface area contributed by atoms with Gasteiger partial charge in [0.25, 0.3) is 0 Å². The minimum absolute atomic E-state index is 0.00388. The Morgan fingerprint density at radius 2 is 1.83 bits per heavy atom. The fourth-order valence-corrected chi connectivity index (χ4v) is 2.16. The lowest BCUT2D eigenvalue weighted by Gasteiger charge is -2.15. The van der Waals surface area contributed by atoms with Gasteiger partial charge in [0.15, 0.2) is 11.5 Å². The van der Waals surface area contributed by atoms with Crippen molar-refractivity contribution in [3.8, 4) is 11.5 Å². The molecule has 126 valence electrons. The second-order valence-electron chi connectivity index (χ2n) is 5.31. The van der Waals surface area contributed by atoms with Crippen molar-refractivity contribution in [2.45, 2.75) is 20.0 Å². The van der Waals surface area contributed by atoms with Crippen molar-refractivity contribution < 1.29 is 19.0 Å². The van der Waals surface area contributed by atoms with Gasteiger partial charge in [-0.05, 0) is 38.1 Å². The maximum atomic E-state index is 11.8. The number of para-hydroxylation sites is 2. The van der Waals surface area contributed by atoms with E-state index in [9.17, 15) is 4.79 Å². The van der Waals surface area contributed by atoms with Crippen LogP contribution in [0.3, 0.4) is 0 Å². The van der Waals surface area contributed by atoms with Gasteiger partial charge in [-0.1, -0.05) is 18.2 Å². The highest BCUT2D eigenvalue weighted by Crippen LogP contribution is 2.31. The van der Waals surface area contributed by atoms with Gasteiger partial charge >= 0.3 is 5.97 Å². The van der Waals surface area contributed by atoms with E-state index in [2.05, 4.69) is 4.99 Å². The smallest absolute Gasteiger partial charge is 0.340 e. The van der Waals surface area contributed by atoms with Crippen LogP contribution in [0.15, 0.2) is 47.5 Å². The number of carbonyl (C=O) groups excluding carboxylic acids is 1. The molecule has 0 N–H and O–H groups in total. The van der Waals surface area contributed by atoms with Gasteiger partial charge in [0, 0.05) is 11.8 Å². The summed E-state index contributed by atoms with van der Waals surface area (Å²) in [5.74, 6) is 0.829. The van der Waals surface area contributed by atoms with Gasteiger partial charge in [0.05, 0.1) is 31.6 Å². The Kier molecular flexibility index (Phi) is 5.95. The first-order chi connectivity index (χ1) is 11.6. The molecule has 24 heavy (non-hydrogen) atoms. The Morgan fingerprint density at radius 1 is 1.08 bits per heavy atom. The molecule has 0 aromatic heterocycles. The van der Waals surface area contributed by atoms with Crippen molar-refractivity contribution in [1.82, 2.24) is 0 Å². The van der Waals surface area contributed by atoms with Crippen molar-refractivity contribution in [2.75, 3.05) is 14.2 Å². The molecule has 0 saturated heterocycles. The average molecular weight is 327 g/mol. The minimum atomic E-state index is -0.424. The first-order valence-corrected chi connectivity index (χ1v) is 7.62. The highest BCUT2D eigenvalue weighted by molar-refractivity contribution is 5.96. The average Bonchev–Trinajstić information content (AvgIpc) is 2.59. The third kappa shape index (κ3) is 4.13. The highest BCUT2D eigenvalue weighted by atomic mass is 16.5. The Hall–Kier alpha value is -2.82. The van der Waals surface area contributed by atoms with Crippen LogP contribution in [0.4, 0.5) is 5.69 Å². The molecule has 0 aliphatic heterocycles. The van der Waals surface area contributed by atoms with E-state index < -0.39 is 5.97 Å². The molecule has 0 amide bonds. The standard InChI is InChI=1S/C19H21NO4/c1-13(2)24-18-14(8-7-11-17(18)22-3)12-20-16-10-6-5-9-15(16)19(21)23-4/h5-13H,1-4H3. The monoisotopic (exact) mass is 327 g/mol. The van der Waals surface area contributed by atoms with Crippen LogP contribution in [0.1, 0.15) is 29.8 Å². The SMILES string of the molecule is COC(=O)c1ccccc1N=Cc1cccc(OC)c1OC(C)C. The van der Waals surface area contributed by atoms with Crippen LogP contribution in [-0.2, 0) is 4.74 Å². The normalized spacial score (nSPS) is 10.9. The first-order valence-electron chi connectivity index (χ1n) is 7.62. The van der Waals surface area contributed by atoms with Crippen LogP contribution in [0, 0.1) is 0 Å². The second-order valence-corrected chi connectivity index (χ2v) is 5.31. The minimum Gasteiger partial charge on any atom is -0.493 e. The molecule has 5 heteroatoms. The molecule has 0 aliphatic carbocycles. The third-order valence-corrected chi connectivity index (χ3v) is 3.23. The molecule has 0 bridgehead atoms. The Labute approximate surface area is 141 Å². The molecule has 2 rings (SSSR count). The lowest BCUT2D eigenvalue weighted by molar-refractivity contribution is 0.0601. The number of carbonyl (C=O) groups is 1. The fraction of sp³-hybridized carbons (Fsp3) is 0.263. The molecule has 0 saturated carbocycles. The van der Waals surface area contributed by atoms with Crippen LogP contribution in [-0.4, -0.2) is 32.5 Å². The lowest BCUT2D eigenvalue weighted by Crippen LogP contribution is -2.08. The number of hydrogen-bond donors (Lipinski definition) is 0. The van der Waals surface area contributed by atoms with Gasteiger partial charge < -0.3 is 14.2 Å². The molecular formula is C19H21NO4. The maximum absolute atomic E-state index is 11.8. The molecule has 0 atom stereocenters. The molecule has 0 fully saturated rings. The van der Waals surface area contributed by atoms with Crippen LogP contribution in [0.2, 0.25) is 0 Å². The van der Waals surface area contributed by atoms with E-state index in [0.29, 0.717) is 22.7 Å². The van der Waals surface area contributed by atoms with Crippen molar-refractivity contribution in [2.24, 2.45) is 4.99 Å². The zero-order valence-corrected chi connectivity index (χ0v) is 14.3. The van der Waals surface area contributed by atoms with Crippen LogP contribution < -0.4 is 9.47 Å². The molecule has 2 aromatic carbocycles. The Bertz CT molecular complexity index is 738. The first kappa shape index (κ1) is 17.5. The van der Waals surface area contributed by atoms with Gasteiger partial charge in [0.1, 0.15) is 0 Å². The number of hydrogen-bond acceptors (Lipinski definition) is 5. The molecule has 0 spiro atoms. The predicted molar refractivity (Wildman–Crippen MR) is 93.8 cm³/mol.